The molecule has 0 radical (unpaired) electrons. The van der Waals surface area contributed by atoms with Crippen molar-refractivity contribution in [1.29, 1.82) is 0 Å². The smallest absolute Gasteiger partial charge is 0.233 e. The molecule has 16 heavy (non-hydrogen) atoms. The molecule has 1 aliphatic heterocycles. The van der Waals surface area contributed by atoms with Crippen LogP contribution in [0, 0.1) is 0 Å². The molecule has 0 bridgehead atoms. The lowest BCUT2D eigenvalue weighted by Gasteiger charge is -2.08. The number of aryl methyl sites for hydroxylation is 1. The van der Waals surface area contributed by atoms with Crippen molar-refractivity contribution in [3.8, 4) is 0 Å². The van der Waals surface area contributed by atoms with E-state index in [2.05, 4.69) is 22.2 Å². The molecule has 1 aliphatic rings. The Kier molecular flexibility index (Phi) is 3.88. The number of imidazole rings is 1. The maximum absolute atomic E-state index is 11.7. The number of amides is 1. The lowest BCUT2D eigenvalue weighted by molar-refractivity contribution is -0.120. The number of aromatic amines is 1. The van der Waals surface area contributed by atoms with E-state index in [1.54, 1.807) is 11.8 Å². The van der Waals surface area contributed by atoms with E-state index in [9.17, 15) is 4.79 Å². The number of nitrogens with one attached hydrogen (secondary N) is 2. The van der Waals surface area contributed by atoms with Gasteiger partial charge in [0.15, 0.2) is 0 Å². The molecule has 2 heterocycles. The second-order valence-electron chi connectivity index (χ2n) is 3.93. The summed E-state index contributed by atoms with van der Waals surface area (Å²) < 4.78 is 0. The summed E-state index contributed by atoms with van der Waals surface area (Å²) in [5.74, 6) is 2.10. The van der Waals surface area contributed by atoms with Gasteiger partial charge in [0, 0.05) is 11.9 Å². The number of rotatable bonds is 4. The van der Waals surface area contributed by atoms with Crippen LogP contribution >= 0.6 is 11.8 Å². The zero-order valence-electron chi connectivity index (χ0n) is 9.45. The highest BCUT2D eigenvalue weighted by molar-refractivity contribution is 8.00. The molecule has 1 aromatic heterocycles. The summed E-state index contributed by atoms with van der Waals surface area (Å²) in [7, 11) is 0. The molecule has 1 unspecified atom stereocenters. The number of carbonyl (C=O) groups excluding carboxylic acids is 1. The van der Waals surface area contributed by atoms with Crippen molar-refractivity contribution in [3.63, 3.8) is 0 Å². The van der Waals surface area contributed by atoms with Crippen molar-refractivity contribution < 1.29 is 4.79 Å². The summed E-state index contributed by atoms with van der Waals surface area (Å²) in [6.45, 7) is 2.58. The third-order valence-corrected chi connectivity index (χ3v) is 4.09. The number of hydrogen-bond acceptors (Lipinski definition) is 3. The molecule has 0 spiro atoms. The highest BCUT2D eigenvalue weighted by Crippen LogP contribution is 2.25. The zero-order chi connectivity index (χ0) is 11.4. The van der Waals surface area contributed by atoms with Gasteiger partial charge in [-0.15, -0.1) is 11.8 Å². The van der Waals surface area contributed by atoms with Crippen LogP contribution in [0.25, 0.3) is 0 Å². The van der Waals surface area contributed by atoms with Crippen LogP contribution in [0.15, 0.2) is 6.20 Å². The molecule has 2 rings (SSSR count). The average Bonchev–Trinajstić information content (AvgIpc) is 2.96. The predicted octanol–water partition coefficient (Wildman–Crippen LogP) is 1.48. The Hall–Kier alpha value is -0.970. The topological polar surface area (TPSA) is 57.8 Å². The van der Waals surface area contributed by atoms with Crippen LogP contribution in [-0.2, 0) is 17.8 Å². The molecule has 0 aromatic carbocycles. The summed E-state index contributed by atoms with van der Waals surface area (Å²) >= 11 is 1.75. The van der Waals surface area contributed by atoms with Gasteiger partial charge in [0.1, 0.15) is 5.82 Å². The van der Waals surface area contributed by atoms with E-state index in [1.807, 2.05) is 6.20 Å². The summed E-state index contributed by atoms with van der Waals surface area (Å²) in [4.78, 5) is 19.1. The molecule has 2 N–H and O–H groups in total. The zero-order valence-corrected chi connectivity index (χ0v) is 10.3. The number of carbonyl (C=O) groups is 1. The van der Waals surface area contributed by atoms with Crippen molar-refractivity contribution >= 4 is 17.7 Å². The molecule has 1 fully saturated rings. The lowest BCUT2D eigenvalue weighted by Crippen LogP contribution is -2.31. The van der Waals surface area contributed by atoms with Crippen LogP contribution in [0.5, 0.6) is 0 Å². The second kappa shape index (κ2) is 5.39. The van der Waals surface area contributed by atoms with E-state index in [4.69, 9.17) is 0 Å². The average molecular weight is 239 g/mol. The summed E-state index contributed by atoms with van der Waals surface area (Å²) in [5.41, 5.74) is 1.11. The lowest BCUT2D eigenvalue weighted by atomic mass is 10.2. The van der Waals surface area contributed by atoms with Gasteiger partial charge in [-0.1, -0.05) is 6.92 Å². The van der Waals surface area contributed by atoms with Gasteiger partial charge in [0.2, 0.25) is 5.91 Å². The molecule has 1 atom stereocenters. The van der Waals surface area contributed by atoms with Gasteiger partial charge in [0.05, 0.1) is 11.8 Å². The minimum Gasteiger partial charge on any atom is -0.348 e. The SMILES string of the molecule is CCc1cnc(CNC(=O)C2CCCS2)[nH]1. The Morgan fingerprint density at radius 3 is 3.25 bits per heavy atom. The van der Waals surface area contributed by atoms with Crippen LogP contribution in [0.3, 0.4) is 0 Å². The standard InChI is InChI=1S/C11H17N3OS/c1-2-8-6-12-10(14-8)7-13-11(15)9-4-3-5-16-9/h6,9H,2-5,7H2,1H3,(H,12,14)(H,13,15). The molecule has 1 aromatic rings. The first-order valence-corrected chi connectivity index (χ1v) is 6.76. The van der Waals surface area contributed by atoms with E-state index in [1.165, 1.54) is 0 Å². The maximum atomic E-state index is 11.7. The number of nitrogens with zero attached hydrogens (tertiary/aromatic N) is 1. The van der Waals surface area contributed by atoms with Crippen molar-refractivity contribution in [2.45, 2.75) is 38.0 Å². The predicted molar refractivity (Wildman–Crippen MR) is 65.3 cm³/mol. The maximum Gasteiger partial charge on any atom is 0.233 e. The van der Waals surface area contributed by atoms with E-state index in [0.717, 1.165) is 36.5 Å². The van der Waals surface area contributed by atoms with Gasteiger partial charge in [-0.25, -0.2) is 4.98 Å². The van der Waals surface area contributed by atoms with E-state index < -0.39 is 0 Å². The largest absolute Gasteiger partial charge is 0.348 e. The quantitative estimate of drug-likeness (QED) is 0.837. The minimum atomic E-state index is 0.150. The number of thioether (sulfide) groups is 1. The van der Waals surface area contributed by atoms with Crippen LogP contribution in [-0.4, -0.2) is 26.9 Å². The molecule has 4 nitrogen and oxygen atoms in total. The van der Waals surface area contributed by atoms with Crippen molar-refractivity contribution in [2.24, 2.45) is 0 Å². The van der Waals surface area contributed by atoms with Crippen molar-refractivity contribution in [1.82, 2.24) is 15.3 Å². The van der Waals surface area contributed by atoms with Crippen LogP contribution in [0.2, 0.25) is 0 Å². The normalized spacial score (nSPS) is 19.9. The van der Waals surface area contributed by atoms with E-state index >= 15 is 0 Å². The third kappa shape index (κ3) is 2.78. The van der Waals surface area contributed by atoms with Crippen molar-refractivity contribution in [3.05, 3.63) is 17.7 Å². The highest BCUT2D eigenvalue weighted by atomic mass is 32.2. The van der Waals surface area contributed by atoms with Crippen LogP contribution in [0.1, 0.15) is 31.3 Å². The molecule has 5 heteroatoms. The second-order valence-corrected chi connectivity index (χ2v) is 5.24. The molecule has 88 valence electrons. The fourth-order valence-electron chi connectivity index (χ4n) is 1.74. The molecule has 1 saturated heterocycles. The van der Waals surface area contributed by atoms with Gasteiger partial charge in [0.25, 0.3) is 0 Å². The summed E-state index contributed by atoms with van der Waals surface area (Å²) in [6, 6.07) is 0. The fourth-order valence-corrected chi connectivity index (χ4v) is 2.93. The monoisotopic (exact) mass is 239 g/mol. The molecular formula is C11H17N3OS. The third-order valence-electron chi connectivity index (χ3n) is 2.71. The van der Waals surface area contributed by atoms with Gasteiger partial charge >= 0.3 is 0 Å². The number of aromatic nitrogens is 2. The molecule has 1 amide bonds. The molecule has 0 saturated carbocycles. The van der Waals surface area contributed by atoms with E-state index in [0.29, 0.717) is 6.54 Å². The first kappa shape index (κ1) is 11.5. The first-order valence-electron chi connectivity index (χ1n) is 5.71. The molecule has 0 aliphatic carbocycles. The number of H-pyrrole nitrogens is 1. The first-order chi connectivity index (χ1) is 7.79. The molecular weight excluding hydrogens is 222 g/mol. The van der Waals surface area contributed by atoms with Gasteiger partial charge in [-0.3, -0.25) is 4.79 Å². The van der Waals surface area contributed by atoms with Gasteiger partial charge in [-0.05, 0) is 25.0 Å². The Morgan fingerprint density at radius 2 is 2.62 bits per heavy atom. The van der Waals surface area contributed by atoms with E-state index in [-0.39, 0.29) is 11.2 Å². The fraction of sp³-hybridized carbons (Fsp3) is 0.636. The van der Waals surface area contributed by atoms with Gasteiger partial charge < -0.3 is 10.3 Å². The highest BCUT2D eigenvalue weighted by Gasteiger charge is 2.22. The Balaban J connectivity index is 1.80. The van der Waals surface area contributed by atoms with Crippen LogP contribution < -0.4 is 5.32 Å². The number of hydrogen-bond donors (Lipinski definition) is 2. The summed E-state index contributed by atoms with van der Waals surface area (Å²) in [6.07, 6.45) is 4.93. The summed E-state index contributed by atoms with van der Waals surface area (Å²) in [5, 5.41) is 3.08. The Morgan fingerprint density at radius 1 is 1.75 bits per heavy atom. The Bertz CT molecular complexity index is 358. The van der Waals surface area contributed by atoms with Crippen molar-refractivity contribution in [2.75, 3.05) is 5.75 Å². The van der Waals surface area contributed by atoms with Gasteiger partial charge in [-0.2, -0.15) is 0 Å². The minimum absolute atomic E-state index is 0.150. The Labute approximate surface area is 99.6 Å². The van der Waals surface area contributed by atoms with Crippen LogP contribution in [0.4, 0.5) is 0 Å².